The van der Waals surface area contributed by atoms with Crippen molar-refractivity contribution in [3.05, 3.63) is 65.8 Å². The first kappa shape index (κ1) is 33.9. The minimum absolute atomic E-state index is 0.891. The number of fused-ring (bicyclic) bond motifs is 1. The molecule has 2 aromatic carbocycles. The molecular weight excluding hydrogens is 618 g/mol. The summed E-state index contributed by atoms with van der Waals surface area (Å²) >= 11 is 1.69. The fourth-order valence-electron chi connectivity index (χ4n) is 4.01. The molecule has 1 fully saturated rings. The molecule has 236 valence electrons. The third-order valence-electron chi connectivity index (χ3n) is 6.21. The molecule has 2 aromatic heterocycles. The van der Waals surface area contributed by atoms with E-state index in [-0.39, 0.29) is 0 Å². The average molecular weight is 645 g/mol. The predicted octanol–water partition coefficient (Wildman–Crippen LogP) is 6.27. The molecular formula is C28H26F6N4O5S. The lowest BCUT2D eigenvalue weighted by Crippen LogP contribution is -2.46. The van der Waals surface area contributed by atoms with Crippen LogP contribution in [0.5, 0.6) is 5.75 Å². The van der Waals surface area contributed by atoms with Gasteiger partial charge in [-0.25, -0.2) is 19.6 Å². The van der Waals surface area contributed by atoms with Gasteiger partial charge in [-0.15, -0.1) is 11.3 Å². The highest BCUT2D eigenvalue weighted by molar-refractivity contribution is 7.17. The molecule has 2 N–H and O–H groups in total. The second kappa shape index (κ2) is 14.2. The van der Waals surface area contributed by atoms with Crippen LogP contribution in [0.3, 0.4) is 0 Å². The summed E-state index contributed by atoms with van der Waals surface area (Å²) in [6, 6.07) is 17.0. The van der Waals surface area contributed by atoms with Gasteiger partial charge in [0.25, 0.3) is 0 Å². The van der Waals surface area contributed by atoms with Crippen molar-refractivity contribution in [1.29, 1.82) is 0 Å². The lowest BCUT2D eigenvalue weighted by Gasteiger charge is -2.37. The molecule has 1 aliphatic rings. The van der Waals surface area contributed by atoms with Crippen LogP contribution >= 0.6 is 11.3 Å². The highest BCUT2D eigenvalue weighted by atomic mass is 32.1. The third-order valence-corrected chi connectivity index (χ3v) is 7.10. The van der Waals surface area contributed by atoms with Crippen molar-refractivity contribution in [2.75, 3.05) is 43.1 Å². The minimum atomic E-state index is -5.08. The first-order valence-electron chi connectivity index (χ1n) is 12.6. The number of ether oxygens (including phenoxy) is 1. The topological polar surface area (TPSA) is 116 Å². The quantitative estimate of drug-likeness (QED) is 0.248. The number of anilines is 2. The Morgan fingerprint density at radius 1 is 0.818 bits per heavy atom. The molecule has 1 saturated heterocycles. The molecule has 0 amide bonds. The smallest absolute Gasteiger partial charge is 0.490 e. The summed E-state index contributed by atoms with van der Waals surface area (Å²) < 4.78 is 68.8. The summed E-state index contributed by atoms with van der Waals surface area (Å²) in [6.45, 7) is 5.90. The number of thiophene rings is 1. The molecule has 0 radical (unpaired) electrons. The number of carboxylic acids is 2. The van der Waals surface area contributed by atoms with E-state index >= 15 is 0 Å². The van der Waals surface area contributed by atoms with Crippen molar-refractivity contribution >= 4 is 45.0 Å². The van der Waals surface area contributed by atoms with Crippen molar-refractivity contribution in [1.82, 2.24) is 9.97 Å². The molecule has 9 nitrogen and oxygen atoms in total. The second-order valence-electron chi connectivity index (χ2n) is 9.17. The zero-order valence-corrected chi connectivity index (χ0v) is 24.0. The zero-order valence-electron chi connectivity index (χ0n) is 23.2. The highest BCUT2D eigenvalue weighted by Gasteiger charge is 2.38. The molecule has 0 saturated carbocycles. The van der Waals surface area contributed by atoms with E-state index < -0.39 is 24.3 Å². The van der Waals surface area contributed by atoms with E-state index in [4.69, 9.17) is 29.5 Å². The van der Waals surface area contributed by atoms with Crippen LogP contribution in [0.2, 0.25) is 0 Å². The molecule has 1 aliphatic heterocycles. The summed E-state index contributed by atoms with van der Waals surface area (Å²) in [7, 11) is 1.70. The number of hydrogen-bond acceptors (Lipinski definition) is 8. The van der Waals surface area contributed by atoms with Gasteiger partial charge in [0.05, 0.1) is 12.5 Å². The van der Waals surface area contributed by atoms with E-state index in [0.29, 0.717) is 0 Å². The maximum absolute atomic E-state index is 10.6. The van der Waals surface area contributed by atoms with Crippen molar-refractivity contribution in [3.8, 4) is 16.9 Å². The Labute approximate surface area is 251 Å². The number of aryl methyl sites for hydroxylation is 1. The van der Waals surface area contributed by atoms with Gasteiger partial charge in [0.2, 0.25) is 0 Å². The van der Waals surface area contributed by atoms with E-state index in [0.717, 1.165) is 42.6 Å². The first-order chi connectivity index (χ1) is 20.6. The molecule has 0 atom stereocenters. The number of alkyl halides is 6. The van der Waals surface area contributed by atoms with Crippen LogP contribution in [-0.2, 0) is 9.59 Å². The Kier molecular flexibility index (Phi) is 11.0. The molecule has 4 aromatic rings. The Balaban J connectivity index is 0.000000317. The van der Waals surface area contributed by atoms with Crippen LogP contribution in [0.15, 0.2) is 60.2 Å². The number of aliphatic carboxylic acids is 2. The molecule has 16 heteroatoms. The van der Waals surface area contributed by atoms with Crippen LogP contribution in [0.1, 0.15) is 5.56 Å². The number of halogens is 6. The van der Waals surface area contributed by atoms with Gasteiger partial charge in [-0.2, -0.15) is 26.3 Å². The van der Waals surface area contributed by atoms with Gasteiger partial charge in [0, 0.05) is 42.8 Å². The van der Waals surface area contributed by atoms with Gasteiger partial charge in [-0.1, -0.05) is 29.8 Å². The summed E-state index contributed by atoms with van der Waals surface area (Å²) in [4.78, 5) is 32.9. The number of piperazine rings is 1. The van der Waals surface area contributed by atoms with E-state index in [1.807, 2.05) is 12.1 Å². The Hall–Kier alpha value is -4.60. The lowest BCUT2D eigenvalue weighted by molar-refractivity contribution is -0.193. The van der Waals surface area contributed by atoms with Crippen LogP contribution in [0.4, 0.5) is 37.8 Å². The summed E-state index contributed by atoms with van der Waals surface area (Å²) in [5, 5.41) is 17.6. The first-order valence-corrected chi connectivity index (χ1v) is 13.5. The summed E-state index contributed by atoms with van der Waals surface area (Å²) in [5.74, 6) is -3.58. The molecule has 3 heterocycles. The zero-order chi connectivity index (χ0) is 32.7. The molecule has 0 unspecified atom stereocenters. The molecule has 0 aliphatic carbocycles. The standard InChI is InChI=1S/C24H24N4OS.2C2HF3O2/c1-17-3-5-18(6-4-17)21-15-30-24-22(21)23(25-16-26-24)28-13-11-27(12-14-28)19-7-9-20(29-2)10-8-19;2*3-2(4,5)1(6)7/h3-10,15-16H,11-14H2,1-2H3;2*(H,6,7). The summed E-state index contributed by atoms with van der Waals surface area (Å²) in [5.41, 5.74) is 4.95. The molecule has 0 spiro atoms. The van der Waals surface area contributed by atoms with Gasteiger partial charge >= 0.3 is 24.3 Å². The Bertz CT molecular complexity index is 1530. The monoisotopic (exact) mass is 644 g/mol. The second-order valence-corrected chi connectivity index (χ2v) is 10.0. The number of benzene rings is 2. The SMILES string of the molecule is COc1ccc(N2CCN(c3ncnc4scc(-c5ccc(C)cc5)c34)CC2)cc1.O=C(O)C(F)(F)F.O=C(O)C(F)(F)F. The Morgan fingerprint density at radius 3 is 1.80 bits per heavy atom. The van der Waals surface area contributed by atoms with Crippen LogP contribution in [0.25, 0.3) is 21.3 Å². The Morgan fingerprint density at radius 2 is 1.32 bits per heavy atom. The van der Waals surface area contributed by atoms with Gasteiger partial charge in [-0.05, 0) is 36.8 Å². The third kappa shape index (κ3) is 8.95. The van der Waals surface area contributed by atoms with Crippen molar-refractivity contribution in [2.24, 2.45) is 0 Å². The molecule has 0 bridgehead atoms. The molecule has 5 rings (SSSR count). The number of hydrogen-bond donors (Lipinski definition) is 2. The highest BCUT2D eigenvalue weighted by Crippen LogP contribution is 2.38. The number of methoxy groups -OCH3 is 1. The fourth-order valence-corrected chi connectivity index (χ4v) is 4.92. The minimum Gasteiger partial charge on any atom is -0.497 e. The maximum atomic E-state index is 10.6. The number of aromatic nitrogens is 2. The van der Waals surface area contributed by atoms with E-state index in [9.17, 15) is 26.3 Å². The lowest BCUT2D eigenvalue weighted by atomic mass is 10.0. The van der Waals surface area contributed by atoms with Gasteiger partial charge in [0.15, 0.2) is 0 Å². The maximum Gasteiger partial charge on any atom is 0.490 e. The fraction of sp³-hybridized carbons (Fsp3) is 0.286. The van der Waals surface area contributed by atoms with E-state index in [1.165, 1.54) is 27.8 Å². The number of carbonyl (C=O) groups is 2. The van der Waals surface area contributed by atoms with Crippen LogP contribution < -0.4 is 14.5 Å². The largest absolute Gasteiger partial charge is 0.497 e. The van der Waals surface area contributed by atoms with Crippen molar-refractivity contribution < 1.29 is 50.9 Å². The predicted molar refractivity (Wildman–Crippen MR) is 152 cm³/mol. The molecule has 44 heavy (non-hydrogen) atoms. The van der Waals surface area contributed by atoms with E-state index in [1.54, 1.807) is 24.8 Å². The van der Waals surface area contributed by atoms with Crippen LogP contribution in [0, 0.1) is 6.92 Å². The van der Waals surface area contributed by atoms with Gasteiger partial charge in [0.1, 0.15) is 22.7 Å². The number of rotatable bonds is 4. The van der Waals surface area contributed by atoms with Crippen molar-refractivity contribution in [2.45, 2.75) is 19.3 Å². The van der Waals surface area contributed by atoms with Gasteiger partial charge < -0.3 is 24.7 Å². The number of carboxylic acid groups (broad SMARTS) is 2. The number of nitrogens with zero attached hydrogens (tertiary/aromatic N) is 4. The van der Waals surface area contributed by atoms with Gasteiger partial charge in [-0.3, -0.25) is 0 Å². The van der Waals surface area contributed by atoms with Crippen molar-refractivity contribution in [3.63, 3.8) is 0 Å². The normalized spacial score (nSPS) is 13.4. The summed E-state index contributed by atoms with van der Waals surface area (Å²) in [6.07, 6.45) is -8.47. The average Bonchev–Trinajstić information content (AvgIpc) is 3.42. The van der Waals surface area contributed by atoms with E-state index in [2.05, 4.69) is 63.5 Å². The van der Waals surface area contributed by atoms with Crippen LogP contribution in [-0.4, -0.2) is 77.8 Å².